The monoisotopic (exact) mass is 431 g/mol. The lowest BCUT2D eigenvalue weighted by Crippen LogP contribution is -2.40. The molecule has 0 amide bonds. The van der Waals surface area contributed by atoms with E-state index in [2.05, 4.69) is 54.6 Å². The lowest BCUT2D eigenvalue weighted by atomic mass is 9.92. The van der Waals surface area contributed by atoms with Crippen molar-refractivity contribution in [3.05, 3.63) is 101 Å². The number of sulfonamides is 1. The van der Waals surface area contributed by atoms with Crippen LogP contribution in [0.25, 0.3) is 11.6 Å². The Bertz CT molecular complexity index is 1190. The largest absolute Gasteiger partial charge is 0.379 e. The van der Waals surface area contributed by atoms with E-state index in [1.165, 1.54) is 26.6 Å². The van der Waals surface area contributed by atoms with Gasteiger partial charge in [0.1, 0.15) is 0 Å². The fourth-order valence-corrected chi connectivity index (χ4v) is 6.07. The van der Waals surface area contributed by atoms with Gasteiger partial charge in [0.25, 0.3) is 0 Å². The number of benzene rings is 3. The van der Waals surface area contributed by atoms with E-state index in [1.807, 2.05) is 12.1 Å². The number of hydrogen-bond donors (Lipinski definition) is 0. The van der Waals surface area contributed by atoms with Crippen molar-refractivity contribution in [2.45, 2.75) is 17.7 Å². The highest BCUT2D eigenvalue weighted by atomic mass is 32.2. The Morgan fingerprint density at radius 1 is 0.742 bits per heavy atom. The Balaban J connectivity index is 1.69. The third-order valence-corrected chi connectivity index (χ3v) is 8.06. The summed E-state index contributed by atoms with van der Waals surface area (Å²) < 4.78 is 33.8. The van der Waals surface area contributed by atoms with Gasteiger partial charge in [-0.15, -0.1) is 0 Å². The molecule has 0 N–H and O–H groups in total. The highest BCUT2D eigenvalue weighted by Gasteiger charge is 2.28. The molecule has 0 aromatic heterocycles. The average Bonchev–Trinajstić information content (AvgIpc) is 2.97. The maximum Gasteiger partial charge on any atom is 0.243 e. The first-order valence-corrected chi connectivity index (χ1v) is 12.1. The zero-order valence-corrected chi connectivity index (χ0v) is 18.1. The highest BCUT2D eigenvalue weighted by Crippen LogP contribution is 2.36. The Labute approximate surface area is 183 Å². The molecule has 5 heteroatoms. The van der Waals surface area contributed by atoms with E-state index >= 15 is 0 Å². The van der Waals surface area contributed by atoms with Gasteiger partial charge in [-0.1, -0.05) is 66.7 Å². The van der Waals surface area contributed by atoms with E-state index in [1.54, 1.807) is 12.1 Å². The third kappa shape index (κ3) is 3.85. The Morgan fingerprint density at radius 2 is 1.29 bits per heavy atom. The van der Waals surface area contributed by atoms with Gasteiger partial charge in [-0.3, -0.25) is 0 Å². The van der Waals surface area contributed by atoms with Gasteiger partial charge >= 0.3 is 0 Å². The molecule has 0 saturated carbocycles. The fourth-order valence-electron chi connectivity index (χ4n) is 4.49. The van der Waals surface area contributed by atoms with E-state index in [0.717, 1.165) is 24.0 Å². The molecule has 31 heavy (non-hydrogen) atoms. The number of fused-ring (bicyclic) bond motifs is 2. The number of nitrogens with zero attached hydrogens (tertiary/aromatic N) is 1. The molecule has 0 radical (unpaired) electrons. The lowest BCUT2D eigenvalue weighted by Gasteiger charge is -2.26. The summed E-state index contributed by atoms with van der Waals surface area (Å²) in [4.78, 5) is 0.351. The summed E-state index contributed by atoms with van der Waals surface area (Å²) in [6, 6.07) is 24.2. The molecule has 0 spiro atoms. The van der Waals surface area contributed by atoms with Crippen LogP contribution in [0.5, 0.6) is 0 Å². The van der Waals surface area contributed by atoms with Crippen LogP contribution in [-0.4, -0.2) is 39.0 Å². The van der Waals surface area contributed by atoms with Crippen LogP contribution in [0.4, 0.5) is 0 Å². The number of ether oxygens (including phenoxy) is 1. The van der Waals surface area contributed by atoms with Crippen LogP contribution in [0.2, 0.25) is 0 Å². The fraction of sp³-hybridized carbons (Fsp3) is 0.231. The van der Waals surface area contributed by atoms with E-state index in [4.69, 9.17) is 4.74 Å². The van der Waals surface area contributed by atoms with Gasteiger partial charge in [0.2, 0.25) is 10.0 Å². The van der Waals surface area contributed by atoms with E-state index in [-0.39, 0.29) is 0 Å². The summed E-state index contributed by atoms with van der Waals surface area (Å²) >= 11 is 0. The summed E-state index contributed by atoms with van der Waals surface area (Å²) in [5.74, 6) is 0. The number of aryl methyl sites for hydroxylation is 2. The predicted molar refractivity (Wildman–Crippen MR) is 123 cm³/mol. The molecule has 1 heterocycles. The minimum absolute atomic E-state index is 0.351. The molecule has 1 saturated heterocycles. The second kappa shape index (κ2) is 8.42. The van der Waals surface area contributed by atoms with Crippen molar-refractivity contribution in [2.24, 2.45) is 0 Å². The Kier molecular flexibility index (Phi) is 5.48. The van der Waals surface area contributed by atoms with Crippen LogP contribution in [0.1, 0.15) is 27.8 Å². The topological polar surface area (TPSA) is 46.6 Å². The molecule has 0 unspecified atom stereocenters. The van der Waals surface area contributed by atoms with E-state index in [0.29, 0.717) is 31.2 Å². The molecule has 1 aliphatic heterocycles. The van der Waals surface area contributed by atoms with Crippen molar-refractivity contribution < 1.29 is 13.2 Å². The average molecular weight is 432 g/mol. The molecular formula is C26H25NO3S. The number of hydrogen-bond acceptors (Lipinski definition) is 3. The summed E-state index contributed by atoms with van der Waals surface area (Å²) in [6.45, 7) is 1.64. The van der Waals surface area contributed by atoms with Crippen LogP contribution in [-0.2, 0) is 27.6 Å². The van der Waals surface area contributed by atoms with Gasteiger partial charge in [-0.05, 0) is 58.4 Å². The van der Waals surface area contributed by atoms with E-state index in [9.17, 15) is 8.42 Å². The van der Waals surface area contributed by atoms with Gasteiger partial charge in [-0.25, -0.2) is 8.42 Å². The Morgan fingerprint density at radius 3 is 1.94 bits per heavy atom. The maximum absolute atomic E-state index is 13.4. The van der Waals surface area contributed by atoms with Crippen molar-refractivity contribution in [3.8, 4) is 0 Å². The zero-order chi connectivity index (χ0) is 21.3. The normalized spacial score (nSPS) is 16.8. The van der Waals surface area contributed by atoms with Crippen molar-refractivity contribution in [2.75, 3.05) is 26.3 Å². The first-order valence-electron chi connectivity index (χ1n) is 10.7. The number of rotatable bonds is 3. The van der Waals surface area contributed by atoms with Gasteiger partial charge < -0.3 is 4.74 Å². The molecule has 3 aromatic carbocycles. The molecule has 2 aliphatic rings. The molecular weight excluding hydrogens is 406 g/mol. The SMILES string of the molecule is O=S(=O)(c1ccccc1C=C1c2ccccc2CCc2ccccc21)N1CCOCC1. The molecule has 4 nitrogen and oxygen atoms in total. The van der Waals surface area contributed by atoms with Gasteiger partial charge in [0.05, 0.1) is 18.1 Å². The maximum atomic E-state index is 13.4. The van der Waals surface area contributed by atoms with Crippen molar-refractivity contribution in [1.82, 2.24) is 4.31 Å². The molecule has 1 aliphatic carbocycles. The van der Waals surface area contributed by atoms with Crippen LogP contribution in [0, 0.1) is 0 Å². The van der Waals surface area contributed by atoms with Gasteiger partial charge in [0, 0.05) is 13.1 Å². The standard InChI is InChI=1S/C26H25NO3S/c28-31(29,27-15-17-30-18-16-27)26-12-6-3-9-22(26)19-25-23-10-4-1-7-20(23)13-14-21-8-2-5-11-24(21)25/h1-12,19H,13-18H2. The second-order valence-corrected chi connectivity index (χ2v) is 9.83. The zero-order valence-electron chi connectivity index (χ0n) is 17.3. The summed E-state index contributed by atoms with van der Waals surface area (Å²) in [5.41, 5.74) is 6.72. The molecule has 0 bridgehead atoms. The van der Waals surface area contributed by atoms with Crippen LogP contribution < -0.4 is 0 Å². The van der Waals surface area contributed by atoms with Crippen LogP contribution >= 0.6 is 0 Å². The van der Waals surface area contributed by atoms with Gasteiger partial charge in [0.15, 0.2) is 0 Å². The Hall–Kier alpha value is -2.73. The minimum Gasteiger partial charge on any atom is -0.379 e. The molecule has 0 atom stereocenters. The second-order valence-electron chi connectivity index (χ2n) is 7.93. The van der Waals surface area contributed by atoms with Crippen molar-refractivity contribution >= 4 is 21.7 Å². The first-order chi connectivity index (χ1) is 15.1. The van der Waals surface area contributed by atoms with Crippen molar-refractivity contribution in [3.63, 3.8) is 0 Å². The summed E-state index contributed by atoms with van der Waals surface area (Å²) in [7, 11) is -3.60. The predicted octanol–water partition coefficient (Wildman–Crippen LogP) is 4.40. The van der Waals surface area contributed by atoms with Crippen LogP contribution in [0.3, 0.4) is 0 Å². The van der Waals surface area contributed by atoms with Crippen LogP contribution in [0.15, 0.2) is 77.7 Å². The first kappa shape index (κ1) is 20.2. The van der Waals surface area contributed by atoms with Crippen molar-refractivity contribution in [1.29, 1.82) is 0 Å². The third-order valence-electron chi connectivity index (χ3n) is 6.09. The molecule has 1 fully saturated rings. The summed E-state index contributed by atoms with van der Waals surface area (Å²) in [5, 5.41) is 0. The van der Waals surface area contributed by atoms with E-state index < -0.39 is 10.0 Å². The molecule has 5 rings (SSSR count). The van der Waals surface area contributed by atoms with Gasteiger partial charge in [-0.2, -0.15) is 4.31 Å². The lowest BCUT2D eigenvalue weighted by molar-refractivity contribution is 0.0730. The smallest absolute Gasteiger partial charge is 0.243 e. The molecule has 158 valence electrons. The minimum atomic E-state index is -3.60. The highest BCUT2D eigenvalue weighted by molar-refractivity contribution is 7.89. The quantitative estimate of drug-likeness (QED) is 0.618. The number of morpholine rings is 1. The molecule has 3 aromatic rings. The summed E-state index contributed by atoms with van der Waals surface area (Å²) in [6.07, 6.45) is 3.99.